The molecule has 250 valence electrons. The van der Waals surface area contributed by atoms with Gasteiger partial charge in [-0.2, -0.15) is 0 Å². The molecule has 0 radical (unpaired) electrons. The minimum Gasteiger partial charge on any atom is -0.0683 e. The lowest BCUT2D eigenvalue weighted by molar-refractivity contribution is 1.48. The Morgan fingerprint density at radius 1 is 0.191 bits per heavy atom. The summed E-state index contributed by atoms with van der Waals surface area (Å²) in [5.74, 6) is 0. The third-order valence-corrected chi connectivity index (χ3v) is 5.92. The van der Waals surface area contributed by atoms with Gasteiger partial charge in [0.1, 0.15) is 0 Å². The van der Waals surface area contributed by atoms with Crippen molar-refractivity contribution in [2.75, 3.05) is 0 Å². The average molecular weight is 627 g/mol. The molecular weight excluding hydrogens is 565 g/mol. The average Bonchev–Trinajstić information content (AvgIpc) is 3.21. The second-order valence-corrected chi connectivity index (χ2v) is 8.70. The number of rotatable bonds is 3. The van der Waals surface area contributed by atoms with E-state index in [1.807, 2.05) is 112 Å². The highest BCUT2D eigenvalue weighted by atomic mass is 14.0. The maximum atomic E-state index is 2.18. The third kappa shape index (κ3) is 19.4. The first-order valence-electron chi connectivity index (χ1n) is 17.6. The molecule has 0 unspecified atom stereocenters. The molecule has 0 saturated carbocycles. The van der Waals surface area contributed by atoms with Crippen LogP contribution in [0.2, 0.25) is 0 Å². The van der Waals surface area contributed by atoms with Crippen molar-refractivity contribution in [2.24, 2.45) is 0 Å². The lowest BCUT2D eigenvalue weighted by Crippen LogP contribution is -1.79. The number of hydrogen-bond donors (Lipinski definition) is 0. The SMILES string of the molecule is CC.CC.CC.CC.CC.Cc1ccccc1.c1ccc(-c2ccc(-c3ccccc3)cc2)cc1.c1ccc(-c2ccccc2)cc1. The number of aryl methyl sites for hydroxylation is 1. The molecule has 47 heavy (non-hydrogen) atoms. The molecule has 0 N–H and O–H groups in total. The van der Waals surface area contributed by atoms with E-state index in [-0.39, 0.29) is 0 Å². The summed E-state index contributed by atoms with van der Waals surface area (Å²) in [7, 11) is 0. The minimum absolute atomic E-state index is 1.26. The van der Waals surface area contributed by atoms with Crippen molar-refractivity contribution < 1.29 is 0 Å². The number of hydrogen-bond acceptors (Lipinski definition) is 0. The molecule has 0 fully saturated rings. The molecule has 0 atom stereocenters. The second-order valence-electron chi connectivity index (χ2n) is 8.70. The van der Waals surface area contributed by atoms with Gasteiger partial charge in [-0.15, -0.1) is 0 Å². The first-order chi connectivity index (χ1) is 23.3. The van der Waals surface area contributed by atoms with Crippen molar-refractivity contribution in [3.05, 3.63) is 181 Å². The van der Waals surface area contributed by atoms with Crippen molar-refractivity contribution in [1.29, 1.82) is 0 Å². The number of benzene rings is 6. The summed E-state index contributed by atoms with van der Waals surface area (Å²) in [6, 6.07) is 60.7. The minimum atomic E-state index is 1.26. The predicted molar refractivity (Wildman–Crippen MR) is 217 cm³/mol. The van der Waals surface area contributed by atoms with E-state index in [0.717, 1.165) is 0 Å². The second kappa shape index (κ2) is 32.7. The molecule has 0 nitrogen and oxygen atoms in total. The molecule has 0 aliphatic rings. The highest BCUT2D eigenvalue weighted by Gasteiger charge is 1.99. The molecule has 0 aliphatic heterocycles. The summed E-state index contributed by atoms with van der Waals surface area (Å²) >= 11 is 0. The van der Waals surface area contributed by atoms with Gasteiger partial charge in [0.25, 0.3) is 0 Å². The standard InChI is InChI=1S/C18H14.C12H10.C7H8.5C2H6/c1-3-7-15(8-4-1)17-11-13-18(14-12-17)16-9-5-2-6-10-16;1-3-7-11(8-4-1)12-9-5-2-6-10-12;1-7-5-3-2-4-6-7;5*1-2/h1-14H;1-10H;2-6H,1H3;5*1-2H3. The zero-order valence-electron chi connectivity index (χ0n) is 31.2. The van der Waals surface area contributed by atoms with Crippen LogP contribution in [0.25, 0.3) is 33.4 Å². The predicted octanol–water partition coefficient (Wildman–Crippen LogP) is 15.5. The molecule has 6 aromatic carbocycles. The van der Waals surface area contributed by atoms with Crippen LogP contribution in [0.3, 0.4) is 0 Å². The van der Waals surface area contributed by atoms with E-state index in [1.54, 1.807) is 0 Å². The van der Waals surface area contributed by atoms with Crippen molar-refractivity contribution in [2.45, 2.75) is 76.2 Å². The highest BCUT2D eigenvalue weighted by Crippen LogP contribution is 2.24. The molecule has 0 saturated heterocycles. The van der Waals surface area contributed by atoms with Gasteiger partial charge in [-0.3, -0.25) is 0 Å². The first kappa shape index (κ1) is 44.4. The Bertz CT molecular complexity index is 1310. The summed E-state index contributed by atoms with van der Waals surface area (Å²) in [4.78, 5) is 0. The monoisotopic (exact) mass is 626 g/mol. The van der Waals surface area contributed by atoms with Crippen LogP contribution in [0.15, 0.2) is 176 Å². The van der Waals surface area contributed by atoms with Gasteiger partial charge >= 0.3 is 0 Å². The summed E-state index contributed by atoms with van der Waals surface area (Å²) in [6.07, 6.45) is 0. The van der Waals surface area contributed by atoms with Gasteiger partial charge in [0, 0.05) is 0 Å². The van der Waals surface area contributed by atoms with Gasteiger partial charge in [-0.05, 0) is 40.3 Å². The van der Waals surface area contributed by atoms with E-state index < -0.39 is 0 Å². The molecule has 0 heterocycles. The lowest BCUT2D eigenvalue weighted by atomic mass is 10.0. The zero-order chi connectivity index (χ0) is 35.5. The van der Waals surface area contributed by atoms with Crippen LogP contribution >= 0.6 is 0 Å². The topological polar surface area (TPSA) is 0 Å². The van der Waals surface area contributed by atoms with Gasteiger partial charge in [0.05, 0.1) is 0 Å². The fourth-order valence-corrected chi connectivity index (χ4v) is 3.91. The maximum Gasteiger partial charge on any atom is -0.0184 e. The highest BCUT2D eigenvalue weighted by molar-refractivity contribution is 5.70. The van der Waals surface area contributed by atoms with Crippen molar-refractivity contribution in [3.8, 4) is 33.4 Å². The normalized spacial score (nSPS) is 8.32. The molecule has 0 spiro atoms. The molecule has 0 heteroatoms. The molecule has 0 amide bonds. The van der Waals surface area contributed by atoms with E-state index >= 15 is 0 Å². The molecule has 0 aliphatic carbocycles. The first-order valence-corrected chi connectivity index (χ1v) is 17.6. The van der Waals surface area contributed by atoms with Crippen LogP contribution < -0.4 is 0 Å². The van der Waals surface area contributed by atoms with Crippen LogP contribution in [-0.2, 0) is 0 Å². The van der Waals surface area contributed by atoms with Gasteiger partial charge in [0.2, 0.25) is 0 Å². The van der Waals surface area contributed by atoms with Gasteiger partial charge in [-0.25, -0.2) is 0 Å². The fraction of sp³-hybridized carbons (Fsp3) is 0.234. The van der Waals surface area contributed by atoms with E-state index in [4.69, 9.17) is 0 Å². The Labute approximate surface area is 290 Å². The quantitative estimate of drug-likeness (QED) is 0.183. The third-order valence-electron chi connectivity index (χ3n) is 5.92. The Balaban J connectivity index is 0. The van der Waals surface area contributed by atoms with Crippen molar-refractivity contribution in [1.82, 2.24) is 0 Å². The zero-order valence-corrected chi connectivity index (χ0v) is 31.2. The summed E-state index contributed by atoms with van der Waals surface area (Å²) < 4.78 is 0. The van der Waals surface area contributed by atoms with E-state index in [1.165, 1.54) is 38.9 Å². The Morgan fingerprint density at radius 3 is 0.489 bits per heavy atom. The van der Waals surface area contributed by atoms with Gasteiger partial charge < -0.3 is 0 Å². The van der Waals surface area contributed by atoms with E-state index in [9.17, 15) is 0 Å². The molecule has 0 aromatic heterocycles. The van der Waals surface area contributed by atoms with Crippen LogP contribution in [0.5, 0.6) is 0 Å². The van der Waals surface area contributed by atoms with Crippen molar-refractivity contribution in [3.63, 3.8) is 0 Å². The van der Waals surface area contributed by atoms with Crippen LogP contribution in [-0.4, -0.2) is 0 Å². The molecule has 0 bridgehead atoms. The van der Waals surface area contributed by atoms with Crippen molar-refractivity contribution >= 4 is 0 Å². The van der Waals surface area contributed by atoms with Gasteiger partial charge in [-0.1, -0.05) is 251 Å². The Morgan fingerprint density at radius 2 is 0.340 bits per heavy atom. The lowest BCUT2D eigenvalue weighted by Gasteiger charge is -2.04. The van der Waals surface area contributed by atoms with Crippen LogP contribution in [0.4, 0.5) is 0 Å². The maximum absolute atomic E-state index is 2.18. The smallest absolute Gasteiger partial charge is 0.0184 e. The molecule has 6 aromatic rings. The Hall–Kier alpha value is -4.68. The molecular formula is C47H62. The van der Waals surface area contributed by atoms with Crippen LogP contribution in [0, 0.1) is 6.92 Å². The van der Waals surface area contributed by atoms with E-state index in [2.05, 4.69) is 140 Å². The summed E-state index contributed by atoms with van der Waals surface area (Å²) in [5.41, 5.74) is 8.92. The van der Waals surface area contributed by atoms with Gasteiger partial charge in [0.15, 0.2) is 0 Å². The molecule has 6 rings (SSSR count). The summed E-state index contributed by atoms with van der Waals surface area (Å²) in [6.45, 7) is 22.1. The Kier molecular flexibility index (Phi) is 30.9. The summed E-state index contributed by atoms with van der Waals surface area (Å²) in [5, 5.41) is 0. The fourth-order valence-electron chi connectivity index (χ4n) is 3.91. The largest absolute Gasteiger partial charge is 0.0683 e. The van der Waals surface area contributed by atoms with E-state index in [0.29, 0.717) is 0 Å². The van der Waals surface area contributed by atoms with Crippen LogP contribution in [0.1, 0.15) is 74.8 Å².